The Labute approximate surface area is 75.2 Å². The van der Waals surface area contributed by atoms with Crippen LogP contribution in [0.15, 0.2) is 12.6 Å². The van der Waals surface area contributed by atoms with Gasteiger partial charge in [-0.1, -0.05) is 6.58 Å². The third-order valence-electron chi connectivity index (χ3n) is 1.63. The molecule has 0 aliphatic carbocycles. The Hall–Kier alpha value is -1.78. The van der Waals surface area contributed by atoms with E-state index in [2.05, 4.69) is 11.7 Å². The lowest BCUT2D eigenvalue weighted by Gasteiger charge is -1.96. The molecule has 0 aliphatic heterocycles. The van der Waals surface area contributed by atoms with Crippen molar-refractivity contribution in [2.24, 2.45) is 7.05 Å². The fourth-order valence-corrected chi connectivity index (χ4v) is 0.908. The first-order chi connectivity index (χ1) is 6.06. The quantitative estimate of drug-likeness (QED) is 0.700. The van der Waals surface area contributed by atoms with Gasteiger partial charge in [-0.05, 0) is 0 Å². The lowest BCUT2D eigenvalue weighted by atomic mass is 10.3. The number of aryl methyl sites for hydroxylation is 1. The molecule has 0 bridgehead atoms. The Morgan fingerprint density at radius 1 is 1.77 bits per heavy atom. The van der Waals surface area contributed by atoms with Gasteiger partial charge in [0.05, 0.1) is 7.11 Å². The van der Waals surface area contributed by atoms with Crippen LogP contribution >= 0.6 is 0 Å². The maximum Gasteiger partial charge on any atom is 0.354 e. The fraction of sp³-hybridized carbons (Fsp3) is 0.250. The largest absolute Gasteiger partial charge is 0.495 e. The predicted molar refractivity (Wildman–Crippen MR) is 46.2 cm³/mol. The van der Waals surface area contributed by atoms with Crippen molar-refractivity contribution >= 4 is 11.7 Å². The monoisotopic (exact) mass is 182 g/mol. The summed E-state index contributed by atoms with van der Waals surface area (Å²) in [6.45, 7) is 3.57. The second-order valence-corrected chi connectivity index (χ2v) is 2.47. The molecule has 0 aliphatic rings. The molecule has 1 heterocycles. The number of carbonyl (C=O) groups is 1. The molecule has 1 N–H and O–H groups in total. The van der Waals surface area contributed by atoms with Crippen LogP contribution in [0.5, 0.6) is 0 Å². The zero-order valence-electron chi connectivity index (χ0n) is 7.44. The van der Waals surface area contributed by atoms with Gasteiger partial charge in [0.15, 0.2) is 0 Å². The molecule has 0 aromatic carbocycles. The van der Waals surface area contributed by atoms with Crippen LogP contribution in [0.1, 0.15) is 16.2 Å². The van der Waals surface area contributed by atoms with E-state index in [0.29, 0.717) is 11.5 Å². The van der Waals surface area contributed by atoms with Gasteiger partial charge in [-0.3, -0.25) is 4.68 Å². The molecule has 70 valence electrons. The molecule has 0 unspecified atom stereocenters. The molecule has 5 nitrogen and oxygen atoms in total. The van der Waals surface area contributed by atoms with Gasteiger partial charge in [0.25, 0.3) is 0 Å². The van der Waals surface area contributed by atoms with Crippen molar-refractivity contribution in [2.45, 2.75) is 0 Å². The number of rotatable bonds is 3. The van der Waals surface area contributed by atoms with Gasteiger partial charge >= 0.3 is 5.97 Å². The van der Waals surface area contributed by atoms with E-state index in [9.17, 15) is 4.79 Å². The maximum atomic E-state index is 10.6. The van der Waals surface area contributed by atoms with Crippen molar-refractivity contribution in [2.75, 3.05) is 7.11 Å². The van der Waals surface area contributed by atoms with E-state index in [1.807, 2.05) is 0 Å². The van der Waals surface area contributed by atoms with E-state index in [1.165, 1.54) is 17.9 Å². The number of aromatic carboxylic acids is 1. The minimum absolute atomic E-state index is 0.105. The minimum atomic E-state index is -1.02. The van der Waals surface area contributed by atoms with E-state index in [1.54, 1.807) is 7.05 Å². The van der Waals surface area contributed by atoms with Crippen molar-refractivity contribution in [3.05, 3.63) is 24.0 Å². The third kappa shape index (κ3) is 1.69. The number of carboxylic acid groups (broad SMARTS) is 1. The summed E-state index contributed by atoms with van der Waals surface area (Å²) < 4.78 is 6.09. The molecular weight excluding hydrogens is 172 g/mol. The molecule has 0 saturated carbocycles. The Bertz CT molecular complexity index is 354. The summed E-state index contributed by atoms with van der Waals surface area (Å²) in [5.74, 6) is -0.673. The first kappa shape index (κ1) is 9.31. The van der Waals surface area contributed by atoms with Gasteiger partial charge in [-0.15, -0.1) is 0 Å². The molecular formula is C8H10N2O3. The van der Waals surface area contributed by atoms with E-state index in [-0.39, 0.29) is 5.69 Å². The van der Waals surface area contributed by atoms with Crippen molar-refractivity contribution in [1.29, 1.82) is 0 Å². The number of ether oxygens (including phenoxy) is 1. The lowest BCUT2D eigenvalue weighted by molar-refractivity contribution is 0.0685. The molecule has 0 spiro atoms. The van der Waals surface area contributed by atoms with Crippen LogP contribution in [0.4, 0.5) is 0 Å². The number of methoxy groups -OCH3 is 1. The van der Waals surface area contributed by atoms with Crippen LogP contribution in [-0.2, 0) is 11.8 Å². The highest BCUT2D eigenvalue weighted by atomic mass is 16.5. The van der Waals surface area contributed by atoms with Crippen LogP contribution in [0, 0.1) is 0 Å². The van der Waals surface area contributed by atoms with E-state index < -0.39 is 5.97 Å². The average Bonchev–Trinajstić information content (AvgIpc) is 2.46. The number of aromatic nitrogens is 2. The summed E-state index contributed by atoms with van der Waals surface area (Å²) in [4.78, 5) is 10.6. The molecule has 0 saturated heterocycles. The summed E-state index contributed by atoms with van der Waals surface area (Å²) in [6, 6.07) is 1.41. The second-order valence-electron chi connectivity index (χ2n) is 2.47. The molecule has 0 fully saturated rings. The number of carboxylic acids is 1. The van der Waals surface area contributed by atoms with Gasteiger partial charge in [-0.2, -0.15) is 5.10 Å². The molecule has 0 radical (unpaired) electrons. The maximum absolute atomic E-state index is 10.6. The van der Waals surface area contributed by atoms with Crippen LogP contribution in [0.2, 0.25) is 0 Å². The standard InChI is InChI=1S/C8H10N2O3/c1-5(13-3)6-4-7(8(11)12)10(2)9-6/h4H,1H2,2-3H3,(H,11,12). The zero-order chi connectivity index (χ0) is 10.0. The van der Waals surface area contributed by atoms with Crippen molar-refractivity contribution in [1.82, 2.24) is 9.78 Å². The number of nitrogens with zero attached hydrogens (tertiary/aromatic N) is 2. The zero-order valence-corrected chi connectivity index (χ0v) is 7.44. The molecule has 1 rings (SSSR count). The minimum Gasteiger partial charge on any atom is -0.495 e. The Morgan fingerprint density at radius 2 is 2.38 bits per heavy atom. The topological polar surface area (TPSA) is 64.3 Å². The molecule has 5 heteroatoms. The van der Waals surface area contributed by atoms with Gasteiger partial charge in [0, 0.05) is 13.1 Å². The summed E-state index contributed by atoms with van der Waals surface area (Å²) in [5, 5.41) is 12.6. The number of hydrogen-bond donors (Lipinski definition) is 1. The summed E-state index contributed by atoms with van der Waals surface area (Å²) in [6.07, 6.45) is 0. The Balaban J connectivity index is 3.09. The van der Waals surface area contributed by atoms with Gasteiger partial charge in [-0.25, -0.2) is 4.79 Å². The van der Waals surface area contributed by atoms with Crippen molar-refractivity contribution in [3.8, 4) is 0 Å². The Kier molecular flexibility index (Phi) is 2.36. The molecule has 0 atom stereocenters. The van der Waals surface area contributed by atoms with E-state index >= 15 is 0 Å². The molecule has 0 amide bonds. The van der Waals surface area contributed by atoms with Gasteiger partial charge < -0.3 is 9.84 Å². The lowest BCUT2D eigenvalue weighted by Crippen LogP contribution is -2.04. The highest BCUT2D eigenvalue weighted by molar-refractivity contribution is 5.86. The Morgan fingerprint density at radius 3 is 2.77 bits per heavy atom. The first-order valence-electron chi connectivity index (χ1n) is 3.57. The van der Waals surface area contributed by atoms with E-state index in [4.69, 9.17) is 9.84 Å². The summed E-state index contributed by atoms with van der Waals surface area (Å²) in [5.41, 5.74) is 0.538. The molecule has 1 aromatic heterocycles. The fourth-order valence-electron chi connectivity index (χ4n) is 0.908. The van der Waals surface area contributed by atoms with Crippen LogP contribution in [-0.4, -0.2) is 28.0 Å². The SMILES string of the molecule is C=C(OC)c1cc(C(=O)O)n(C)n1. The van der Waals surface area contributed by atoms with Crippen LogP contribution in [0.3, 0.4) is 0 Å². The van der Waals surface area contributed by atoms with Gasteiger partial charge in [0.1, 0.15) is 17.1 Å². The second kappa shape index (κ2) is 3.30. The highest BCUT2D eigenvalue weighted by Crippen LogP contribution is 2.12. The average molecular weight is 182 g/mol. The highest BCUT2D eigenvalue weighted by Gasteiger charge is 2.13. The van der Waals surface area contributed by atoms with Crippen molar-refractivity contribution < 1.29 is 14.6 Å². The summed E-state index contributed by atoms with van der Waals surface area (Å²) in [7, 11) is 3.01. The third-order valence-corrected chi connectivity index (χ3v) is 1.63. The van der Waals surface area contributed by atoms with Crippen molar-refractivity contribution in [3.63, 3.8) is 0 Å². The van der Waals surface area contributed by atoms with Crippen LogP contribution in [0.25, 0.3) is 5.76 Å². The predicted octanol–water partition coefficient (Wildman–Crippen LogP) is 0.735. The molecule has 1 aromatic rings. The van der Waals surface area contributed by atoms with Gasteiger partial charge in [0.2, 0.25) is 0 Å². The summed E-state index contributed by atoms with van der Waals surface area (Å²) >= 11 is 0. The molecule has 13 heavy (non-hydrogen) atoms. The first-order valence-corrected chi connectivity index (χ1v) is 3.57. The normalized spacial score (nSPS) is 9.69. The number of hydrogen-bond acceptors (Lipinski definition) is 3. The smallest absolute Gasteiger partial charge is 0.354 e. The van der Waals surface area contributed by atoms with Crippen LogP contribution < -0.4 is 0 Å². The van der Waals surface area contributed by atoms with E-state index in [0.717, 1.165) is 0 Å².